The summed E-state index contributed by atoms with van der Waals surface area (Å²) in [6.07, 6.45) is -3.10. The highest BCUT2D eigenvalue weighted by molar-refractivity contribution is 5.95. The number of carbonyl (C=O) groups excluding carboxylic acids is 1. The molecule has 7 atom stereocenters. The number of alkyl halides is 13. The van der Waals surface area contributed by atoms with Crippen LogP contribution in [0.3, 0.4) is 0 Å². The predicted octanol–water partition coefficient (Wildman–Crippen LogP) is 8.77. The van der Waals surface area contributed by atoms with E-state index >= 15 is 0 Å². The molecule has 0 amide bonds. The highest BCUT2D eigenvalue weighted by atomic mass is 19.4. The second-order valence-electron chi connectivity index (χ2n) is 14.7. The number of rotatable bonds is 11. The Kier molecular flexibility index (Phi) is 10.7. The molecule has 0 aromatic carbocycles. The molecule has 4 rings (SSSR count). The van der Waals surface area contributed by atoms with Crippen LogP contribution in [-0.4, -0.2) is 75.2 Å². The smallest absolute Gasteiger partial charge is 0.393 e. The Bertz CT molecular complexity index is 1460. The van der Waals surface area contributed by atoms with Gasteiger partial charge in [0.25, 0.3) is 0 Å². The molecule has 4 fully saturated rings. The molecule has 0 spiro atoms. The van der Waals surface area contributed by atoms with Crippen LogP contribution in [-0.2, 0) is 4.79 Å². The van der Waals surface area contributed by atoms with Crippen molar-refractivity contribution in [3.63, 3.8) is 0 Å². The molecule has 17 heteroatoms. The van der Waals surface area contributed by atoms with E-state index in [0.29, 0.717) is 24.0 Å². The third kappa shape index (κ3) is 6.48. The van der Waals surface area contributed by atoms with Gasteiger partial charge in [-0.1, -0.05) is 50.3 Å². The second-order valence-corrected chi connectivity index (χ2v) is 14.7. The van der Waals surface area contributed by atoms with Crippen LogP contribution < -0.4 is 0 Å². The van der Waals surface area contributed by atoms with Gasteiger partial charge in [-0.05, 0) is 85.7 Å². The molecule has 0 unspecified atom stereocenters. The van der Waals surface area contributed by atoms with Gasteiger partial charge in [-0.15, -0.1) is 0 Å². The van der Waals surface area contributed by atoms with Gasteiger partial charge in [0, 0.05) is 6.42 Å². The third-order valence-electron chi connectivity index (χ3n) is 11.6. The topological polar surface area (TPSA) is 77.8 Å². The quantitative estimate of drug-likeness (QED) is 0.146. The number of carbonyl (C=O) groups is 1. The number of aliphatic hydroxyl groups is 3. The summed E-state index contributed by atoms with van der Waals surface area (Å²) < 4.78 is 178. The average Bonchev–Trinajstić information content (AvgIpc) is 3.75. The normalized spacial score (nSPS) is 32.4. The SMILES string of the molecule is C=C1/C(=C\C=C2/CCC[C@]3(C)[C@@H]([C@H](C)/C=C/[C@@H](O)C4(C(=O)C(F)(F)C(F)(F)C(F)(F)C(F)(F)C(F)(F)C(F)(F)F)CC4)CC[C@@H]23)C[C@@H](O)C[C@@H]1O. The highest BCUT2D eigenvalue weighted by Gasteiger charge is 2.92. The summed E-state index contributed by atoms with van der Waals surface area (Å²) in [7, 11) is 0. The van der Waals surface area contributed by atoms with Crippen molar-refractivity contribution in [2.75, 3.05) is 0 Å². The number of allylic oxidation sites excluding steroid dienone is 4. The van der Waals surface area contributed by atoms with Crippen LogP contribution in [0.1, 0.15) is 71.6 Å². The van der Waals surface area contributed by atoms with Crippen LogP contribution in [0.5, 0.6) is 0 Å². The van der Waals surface area contributed by atoms with Crippen LogP contribution in [0, 0.1) is 28.6 Å². The Morgan fingerprint density at radius 3 is 1.96 bits per heavy atom. The van der Waals surface area contributed by atoms with Gasteiger partial charge < -0.3 is 15.3 Å². The minimum absolute atomic E-state index is 0.0716. The molecule has 4 aliphatic rings. The summed E-state index contributed by atoms with van der Waals surface area (Å²) in [6.45, 7) is 7.64. The molecule has 0 heterocycles. The molecule has 3 N–H and O–H groups in total. The summed E-state index contributed by atoms with van der Waals surface area (Å²) in [6, 6.07) is 0. The highest BCUT2D eigenvalue weighted by Crippen LogP contribution is 2.64. The minimum atomic E-state index is -8.12. The molecule has 0 aliphatic heterocycles. The summed E-state index contributed by atoms with van der Waals surface area (Å²) in [4.78, 5) is 12.6. The van der Waals surface area contributed by atoms with Crippen molar-refractivity contribution < 1.29 is 77.2 Å². The van der Waals surface area contributed by atoms with Gasteiger partial charge in [0.1, 0.15) is 0 Å². The molecule has 0 radical (unpaired) electrons. The van der Waals surface area contributed by atoms with Crippen molar-refractivity contribution in [2.24, 2.45) is 28.6 Å². The van der Waals surface area contributed by atoms with Gasteiger partial charge in [-0.2, -0.15) is 57.1 Å². The Labute approximate surface area is 285 Å². The standard InChI is InChI=1S/C34H39F13O4/c1-17(22-9-10-23-19(5-4-12-27(22,23)3)7-8-20-15-21(48)16-24(49)18(20)2)6-11-25(50)28(13-14-28)26(51)29(35,36)30(37,38)31(39,40)32(41,42)33(43,44)34(45,46)47/h6-8,11,17,21-25,48-50H,2,4-5,9-10,12-16H2,1,3H3/b11-6+,19-7+,20-8-/t17-,21-,22-,23+,24+,25-,27-/m1/s1. The summed E-state index contributed by atoms with van der Waals surface area (Å²) in [5.74, 6) is -42.5. The van der Waals surface area contributed by atoms with Crippen molar-refractivity contribution >= 4 is 5.78 Å². The van der Waals surface area contributed by atoms with Crippen LogP contribution in [0.25, 0.3) is 0 Å². The van der Waals surface area contributed by atoms with Crippen molar-refractivity contribution in [1.29, 1.82) is 0 Å². The van der Waals surface area contributed by atoms with Gasteiger partial charge in [0.05, 0.1) is 23.7 Å². The van der Waals surface area contributed by atoms with Crippen LogP contribution in [0.15, 0.2) is 47.6 Å². The van der Waals surface area contributed by atoms with E-state index in [1.54, 1.807) is 6.92 Å². The van der Waals surface area contributed by atoms with Crippen molar-refractivity contribution in [2.45, 2.75) is 126 Å². The lowest BCUT2D eigenvalue weighted by Crippen LogP contribution is -2.71. The predicted molar refractivity (Wildman–Crippen MR) is 157 cm³/mol. The molecular weight excluding hydrogens is 719 g/mol. The first-order valence-electron chi connectivity index (χ1n) is 16.4. The Balaban J connectivity index is 1.52. The van der Waals surface area contributed by atoms with E-state index in [1.807, 2.05) is 19.1 Å². The first-order chi connectivity index (χ1) is 23.0. The lowest BCUT2D eigenvalue weighted by atomic mass is 9.61. The Hall–Kier alpha value is -2.40. The molecule has 4 saturated carbocycles. The fourth-order valence-electron chi connectivity index (χ4n) is 8.22. The average molecular weight is 759 g/mol. The van der Waals surface area contributed by atoms with Crippen molar-refractivity contribution in [3.8, 4) is 0 Å². The zero-order chi connectivity index (χ0) is 39.0. The van der Waals surface area contributed by atoms with Crippen LogP contribution in [0.2, 0.25) is 0 Å². The fourth-order valence-corrected chi connectivity index (χ4v) is 8.22. The maximum atomic E-state index is 14.7. The van der Waals surface area contributed by atoms with Crippen LogP contribution in [0.4, 0.5) is 57.1 Å². The summed E-state index contributed by atoms with van der Waals surface area (Å²) >= 11 is 0. The van der Waals surface area contributed by atoms with Gasteiger partial charge in [0.15, 0.2) is 0 Å². The molecule has 4 nitrogen and oxygen atoms in total. The number of ketones is 1. The molecule has 0 aromatic heterocycles. The zero-order valence-corrected chi connectivity index (χ0v) is 27.5. The van der Waals surface area contributed by atoms with E-state index in [4.69, 9.17) is 0 Å². The van der Waals surface area contributed by atoms with Gasteiger partial charge in [0.2, 0.25) is 5.78 Å². The van der Waals surface area contributed by atoms with Gasteiger partial charge in [-0.25, -0.2) is 0 Å². The molecule has 0 bridgehead atoms. The minimum Gasteiger partial charge on any atom is -0.393 e. The van der Waals surface area contributed by atoms with E-state index in [2.05, 4.69) is 6.58 Å². The number of fused-ring (bicyclic) bond motifs is 1. The largest absolute Gasteiger partial charge is 0.460 e. The van der Waals surface area contributed by atoms with E-state index in [9.17, 15) is 77.2 Å². The van der Waals surface area contributed by atoms with Crippen molar-refractivity contribution in [3.05, 3.63) is 47.6 Å². The Morgan fingerprint density at radius 2 is 1.41 bits per heavy atom. The fraction of sp³-hybridized carbons (Fsp3) is 0.735. The maximum Gasteiger partial charge on any atom is 0.460 e. The molecule has 4 aliphatic carbocycles. The van der Waals surface area contributed by atoms with E-state index in [-0.39, 0.29) is 23.7 Å². The first-order valence-corrected chi connectivity index (χ1v) is 16.4. The monoisotopic (exact) mass is 758 g/mol. The van der Waals surface area contributed by atoms with E-state index in [0.717, 1.165) is 37.3 Å². The van der Waals surface area contributed by atoms with E-state index in [1.165, 1.54) is 6.08 Å². The number of halogens is 13. The summed E-state index contributed by atoms with van der Waals surface area (Å²) in [5.41, 5.74) is -0.929. The number of Topliss-reactive ketones (excluding diaryl/α,β-unsaturated/α-hetero) is 1. The molecule has 51 heavy (non-hydrogen) atoms. The second kappa shape index (κ2) is 13.2. The number of aliphatic hydroxyl groups excluding tert-OH is 3. The summed E-state index contributed by atoms with van der Waals surface area (Å²) in [5, 5.41) is 30.9. The third-order valence-corrected chi connectivity index (χ3v) is 11.6. The van der Waals surface area contributed by atoms with E-state index < -0.39 is 84.1 Å². The molecular formula is C34H39F13O4. The van der Waals surface area contributed by atoms with Crippen LogP contribution >= 0.6 is 0 Å². The van der Waals surface area contributed by atoms with Gasteiger partial charge in [-0.3, -0.25) is 4.79 Å². The lowest BCUT2D eigenvalue weighted by Gasteiger charge is -2.44. The molecule has 0 aromatic rings. The number of hydrogen-bond donors (Lipinski definition) is 3. The first kappa shape index (κ1) is 41.4. The molecule has 290 valence electrons. The number of hydrogen-bond acceptors (Lipinski definition) is 4. The van der Waals surface area contributed by atoms with Crippen molar-refractivity contribution in [1.82, 2.24) is 0 Å². The lowest BCUT2D eigenvalue weighted by molar-refractivity contribution is -0.436. The van der Waals surface area contributed by atoms with Gasteiger partial charge >= 0.3 is 35.8 Å². The Morgan fingerprint density at radius 1 is 0.843 bits per heavy atom. The zero-order valence-electron chi connectivity index (χ0n) is 27.5. The maximum absolute atomic E-state index is 14.7. The molecule has 0 saturated heterocycles.